The molecule has 1 N–H and O–H groups in total. The van der Waals surface area contributed by atoms with Crippen molar-refractivity contribution in [3.8, 4) is 0 Å². The summed E-state index contributed by atoms with van der Waals surface area (Å²) < 4.78 is 8.05. The molecule has 2 unspecified atom stereocenters. The van der Waals surface area contributed by atoms with E-state index in [1.165, 1.54) is 43.9 Å². The molecule has 2 aliphatic rings. The minimum absolute atomic E-state index is 0.0257. The first-order valence-corrected chi connectivity index (χ1v) is 12.3. The van der Waals surface area contributed by atoms with Gasteiger partial charge in [-0.05, 0) is 57.9 Å². The predicted octanol–water partition coefficient (Wildman–Crippen LogP) is 4.44. The number of aromatic nitrogens is 3. The number of anilines is 2. The molecule has 1 amide bonds. The van der Waals surface area contributed by atoms with Crippen LogP contribution in [0.25, 0.3) is 0 Å². The fraction of sp³-hybridized carbons (Fsp3) is 0.609. The Balaban J connectivity index is 1.31. The Morgan fingerprint density at radius 3 is 2.45 bits per heavy atom. The van der Waals surface area contributed by atoms with Crippen LogP contribution in [0.2, 0.25) is 0 Å². The predicted molar refractivity (Wildman–Crippen MR) is 125 cm³/mol. The first-order chi connectivity index (χ1) is 15.0. The average Bonchev–Trinajstić information content (AvgIpc) is 3.13. The van der Waals surface area contributed by atoms with Gasteiger partial charge >= 0.3 is 0 Å². The summed E-state index contributed by atoms with van der Waals surface area (Å²) in [5.41, 5.74) is 1.97. The summed E-state index contributed by atoms with van der Waals surface area (Å²) >= 11 is 1.47. The number of ether oxygens (including phenoxy) is 1. The summed E-state index contributed by atoms with van der Waals surface area (Å²) in [5, 5.41) is 12.4. The Labute approximate surface area is 188 Å². The van der Waals surface area contributed by atoms with Gasteiger partial charge in [0.2, 0.25) is 5.91 Å². The quantitative estimate of drug-likeness (QED) is 0.666. The maximum atomic E-state index is 12.5. The number of morpholine rings is 1. The molecule has 1 saturated carbocycles. The lowest BCUT2D eigenvalue weighted by molar-refractivity contribution is -0.113. The van der Waals surface area contributed by atoms with Crippen molar-refractivity contribution in [2.45, 2.75) is 76.3 Å². The fourth-order valence-electron chi connectivity index (χ4n) is 4.68. The third-order valence-electron chi connectivity index (χ3n) is 6.04. The molecule has 31 heavy (non-hydrogen) atoms. The highest BCUT2D eigenvalue weighted by molar-refractivity contribution is 7.99. The molecule has 1 aliphatic heterocycles. The van der Waals surface area contributed by atoms with Crippen molar-refractivity contribution in [1.82, 2.24) is 14.8 Å². The molecule has 4 rings (SSSR count). The molecule has 1 aromatic heterocycles. The van der Waals surface area contributed by atoms with E-state index in [0.29, 0.717) is 11.8 Å². The minimum Gasteiger partial charge on any atom is -0.372 e. The van der Waals surface area contributed by atoms with Crippen LogP contribution in [0.15, 0.2) is 29.4 Å². The molecule has 168 valence electrons. The van der Waals surface area contributed by atoms with E-state index >= 15 is 0 Å². The second-order valence-corrected chi connectivity index (χ2v) is 9.68. The van der Waals surface area contributed by atoms with Gasteiger partial charge in [-0.2, -0.15) is 0 Å². The highest BCUT2D eigenvalue weighted by Gasteiger charge is 2.23. The molecular formula is C23H33N5O2S. The van der Waals surface area contributed by atoms with Crippen molar-refractivity contribution in [2.75, 3.05) is 29.1 Å². The molecule has 2 fully saturated rings. The van der Waals surface area contributed by atoms with Crippen molar-refractivity contribution in [3.63, 3.8) is 0 Å². The SMILES string of the molecule is Cc1nnc(SCC(=O)Nc2ccc(N3CC(C)OC(C)C3)cc2)n1C1CCCCC1. The summed E-state index contributed by atoms with van der Waals surface area (Å²) in [7, 11) is 0. The molecule has 0 spiro atoms. The van der Waals surface area contributed by atoms with E-state index in [1.807, 2.05) is 19.1 Å². The number of rotatable bonds is 6. The largest absolute Gasteiger partial charge is 0.372 e. The highest BCUT2D eigenvalue weighted by atomic mass is 32.2. The fourth-order valence-corrected chi connectivity index (χ4v) is 5.53. The molecule has 8 heteroatoms. The Bertz CT molecular complexity index is 869. The Kier molecular flexibility index (Phi) is 7.17. The number of nitrogens with one attached hydrogen (secondary N) is 1. The van der Waals surface area contributed by atoms with Crippen LogP contribution >= 0.6 is 11.8 Å². The van der Waals surface area contributed by atoms with Crippen LogP contribution in [-0.4, -0.2) is 51.7 Å². The number of hydrogen-bond donors (Lipinski definition) is 1. The van der Waals surface area contributed by atoms with Crippen LogP contribution in [0.5, 0.6) is 0 Å². The van der Waals surface area contributed by atoms with Gasteiger partial charge in [-0.1, -0.05) is 31.0 Å². The van der Waals surface area contributed by atoms with Crippen LogP contribution in [0.1, 0.15) is 57.8 Å². The summed E-state index contributed by atoms with van der Waals surface area (Å²) in [4.78, 5) is 14.9. The van der Waals surface area contributed by atoms with Crippen molar-refractivity contribution in [2.24, 2.45) is 0 Å². The van der Waals surface area contributed by atoms with Gasteiger partial charge in [0.25, 0.3) is 0 Å². The molecule has 2 atom stereocenters. The Hall–Kier alpha value is -2.06. The first-order valence-electron chi connectivity index (χ1n) is 11.3. The van der Waals surface area contributed by atoms with Gasteiger partial charge in [0.15, 0.2) is 5.16 Å². The summed E-state index contributed by atoms with van der Waals surface area (Å²) in [6.07, 6.45) is 6.61. The van der Waals surface area contributed by atoms with E-state index in [4.69, 9.17) is 4.74 Å². The number of aryl methyl sites for hydroxylation is 1. The topological polar surface area (TPSA) is 72.3 Å². The number of carbonyl (C=O) groups is 1. The summed E-state index contributed by atoms with van der Waals surface area (Å²) in [6, 6.07) is 8.54. The summed E-state index contributed by atoms with van der Waals surface area (Å²) in [6.45, 7) is 7.97. The normalized spacial score (nSPS) is 22.5. The molecule has 7 nitrogen and oxygen atoms in total. The molecule has 1 aliphatic carbocycles. The van der Waals surface area contributed by atoms with E-state index < -0.39 is 0 Å². The van der Waals surface area contributed by atoms with Gasteiger partial charge in [-0.25, -0.2) is 0 Å². The van der Waals surface area contributed by atoms with Crippen LogP contribution in [0, 0.1) is 6.92 Å². The van der Waals surface area contributed by atoms with Crippen LogP contribution in [0.4, 0.5) is 11.4 Å². The van der Waals surface area contributed by atoms with Crippen LogP contribution in [0.3, 0.4) is 0 Å². The maximum Gasteiger partial charge on any atom is 0.234 e. The molecule has 1 saturated heterocycles. The molecule has 2 heterocycles. The van der Waals surface area contributed by atoms with Gasteiger partial charge in [-0.3, -0.25) is 4.79 Å². The molecule has 2 aromatic rings. The van der Waals surface area contributed by atoms with Gasteiger partial charge in [0.1, 0.15) is 5.82 Å². The average molecular weight is 444 g/mol. The molecule has 0 bridgehead atoms. The molecule has 0 radical (unpaired) electrons. The van der Waals surface area contributed by atoms with Crippen LogP contribution in [-0.2, 0) is 9.53 Å². The van der Waals surface area contributed by atoms with E-state index in [9.17, 15) is 4.79 Å². The Morgan fingerprint density at radius 2 is 1.77 bits per heavy atom. The van der Waals surface area contributed by atoms with E-state index in [0.717, 1.165) is 35.4 Å². The monoisotopic (exact) mass is 443 g/mol. The number of carbonyl (C=O) groups excluding carboxylic acids is 1. The molecular weight excluding hydrogens is 410 g/mol. The third kappa shape index (κ3) is 5.60. The lowest BCUT2D eigenvalue weighted by Gasteiger charge is -2.36. The lowest BCUT2D eigenvalue weighted by atomic mass is 9.95. The Morgan fingerprint density at radius 1 is 1.10 bits per heavy atom. The zero-order valence-corrected chi connectivity index (χ0v) is 19.5. The zero-order chi connectivity index (χ0) is 21.8. The van der Waals surface area contributed by atoms with Gasteiger partial charge in [0.05, 0.1) is 18.0 Å². The van der Waals surface area contributed by atoms with Gasteiger partial charge in [-0.15, -0.1) is 10.2 Å². The standard InChI is InChI=1S/C23H33N5O2S/c1-16-13-27(14-17(2)30-16)20-11-9-19(10-12-20)24-22(29)15-31-23-26-25-18(3)28(23)21-7-5-4-6-8-21/h9-12,16-17,21H,4-8,13-15H2,1-3H3,(H,24,29). The number of benzene rings is 1. The van der Waals surface area contributed by atoms with Crippen molar-refractivity contribution in [1.29, 1.82) is 0 Å². The number of amides is 1. The number of nitrogens with zero attached hydrogens (tertiary/aromatic N) is 4. The van der Waals surface area contributed by atoms with Crippen molar-refractivity contribution >= 4 is 29.0 Å². The number of hydrogen-bond acceptors (Lipinski definition) is 6. The summed E-state index contributed by atoms with van der Waals surface area (Å²) in [5.74, 6) is 1.24. The zero-order valence-electron chi connectivity index (χ0n) is 18.7. The van der Waals surface area contributed by atoms with Crippen molar-refractivity contribution < 1.29 is 9.53 Å². The minimum atomic E-state index is -0.0257. The van der Waals surface area contributed by atoms with Crippen molar-refractivity contribution in [3.05, 3.63) is 30.1 Å². The third-order valence-corrected chi connectivity index (χ3v) is 6.99. The smallest absolute Gasteiger partial charge is 0.234 e. The van der Waals surface area contributed by atoms with Crippen LogP contribution < -0.4 is 10.2 Å². The second-order valence-electron chi connectivity index (χ2n) is 8.74. The van der Waals surface area contributed by atoms with E-state index in [2.05, 4.69) is 51.0 Å². The lowest BCUT2D eigenvalue weighted by Crippen LogP contribution is -2.45. The van der Waals surface area contributed by atoms with E-state index in [1.54, 1.807) is 0 Å². The van der Waals surface area contributed by atoms with E-state index in [-0.39, 0.29) is 18.1 Å². The van der Waals surface area contributed by atoms with Gasteiger partial charge < -0.3 is 19.5 Å². The second kappa shape index (κ2) is 10.0. The highest BCUT2D eigenvalue weighted by Crippen LogP contribution is 2.32. The number of thioether (sulfide) groups is 1. The first kappa shape index (κ1) is 22.1. The molecule has 1 aromatic carbocycles. The van der Waals surface area contributed by atoms with Gasteiger partial charge in [0, 0.05) is 30.5 Å². The maximum absolute atomic E-state index is 12.5.